The van der Waals surface area contributed by atoms with Gasteiger partial charge in [-0.2, -0.15) is 5.10 Å². The fourth-order valence-electron chi connectivity index (χ4n) is 3.32. The Hall–Kier alpha value is -2.19. The lowest BCUT2D eigenvalue weighted by Crippen LogP contribution is -2.39. The molecule has 8 heteroatoms. The third kappa shape index (κ3) is 5.90. The molecule has 2 aromatic rings. The van der Waals surface area contributed by atoms with Gasteiger partial charge in [-0.3, -0.25) is 9.69 Å². The van der Waals surface area contributed by atoms with Gasteiger partial charge in [-0.15, -0.1) is 0 Å². The Kier molecular flexibility index (Phi) is 7.37. The molecule has 1 atom stereocenters. The van der Waals surface area contributed by atoms with Crippen LogP contribution in [0.25, 0.3) is 5.69 Å². The molecule has 0 spiro atoms. The highest BCUT2D eigenvalue weighted by molar-refractivity contribution is 7.90. The zero-order chi connectivity index (χ0) is 20.9. The normalized spacial score (nSPS) is 12.9. The number of nitrogens with one attached hydrogen (secondary N) is 1. The lowest BCUT2D eigenvalue weighted by atomic mass is 10.2. The summed E-state index contributed by atoms with van der Waals surface area (Å²) in [5, 5.41) is 7.51. The minimum atomic E-state index is -3.05. The number of amides is 1. The highest BCUT2D eigenvalue weighted by Crippen LogP contribution is 2.23. The predicted molar refractivity (Wildman–Crippen MR) is 113 cm³/mol. The molecule has 0 radical (unpaired) electrons. The van der Waals surface area contributed by atoms with Crippen molar-refractivity contribution < 1.29 is 13.2 Å². The molecular formula is C20H30N4O3S. The van der Waals surface area contributed by atoms with Crippen LogP contribution >= 0.6 is 0 Å². The Morgan fingerprint density at radius 3 is 2.46 bits per heavy atom. The highest BCUT2D eigenvalue weighted by atomic mass is 32.2. The number of sulfone groups is 1. The van der Waals surface area contributed by atoms with Crippen LogP contribution < -0.4 is 5.32 Å². The summed E-state index contributed by atoms with van der Waals surface area (Å²) in [7, 11) is -3.05. The van der Waals surface area contributed by atoms with Crippen molar-refractivity contribution in [2.24, 2.45) is 0 Å². The van der Waals surface area contributed by atoms with E-state index in [-0.39, 0.29) is 24.1 Å². The van der Waals surface area contributed by atoms with E-state index in [9.17, 15) is 13.2 Å². The van der Waals surface area contributed by atoms with Gasteiger partial charge in [0.15, 0.2) is 0 Å². The fourth-order valence-corrected chi connectivity index (χ4v) is 4.41. The Balaban J connectivity index is 2.02. The van der Waals surface area contributed by atoms with Gasteiger partial charge in [0.25, 0.3) is 0 Å². The van der Waals surface area contributed by atoms with E-state index in [0.717, 1.165) is 22.8 Å². The lowest BCUT2D eigenvalue weighted by molar-refractivity contribution is -0.116. The molecule has 0 bridgehead atoms. The Morgan fingerprint density at radius 1 is 1.25 bits per heavy atom. The molecule has 0 aliphatic carbocycles. The summed E-state index contributed by atoms with van der Waals surface area (Å²) in [6.07, 6.45) is 1.53. The second kappa shape index (κ2) is 9.34. The van der Waals surface area contributed by atoms with Crippen LogP contribution in [0.15, 0.2) is 30.3 Å². The third-order valence-electron chi connectivity index (χ3n) is 4.76. The number of aryl methyl sites for hydroxylation is 1. The summed E-state index contributed by atoms with van der Waals surface area (Å²) < 4.78 is 24.9. The summed E-state index contributed by atoms with van der Waals surface area (Å²) in [6, 6.07) is 9.64. The van der Waals surface area contributed by atoms with Gasteiger partial charge in [0.1, 0.15) is 9.84 Å². The molecular weight excluding hydrogens is 376 g/mol. The summed E-state index contributed by atoms with van der Waals surface area (Å²) in [4.78, 5) is 14.5. The quantitative estimate of drug-likeness (QED) is 0.692. The number of rotatable bonds is 9. The van der Waals surface area contributed by atoms with E-state index in [2.05, 4.69) is 10.4 Å². The molecule has 28 heavy (non-hydrogen) atoms. The van der Waals surface area contributed by atoms with Crippen LogP contribution in [0, 0.1) is 13.8 Å². The van der Waals surface area contributed by atoms with Crippen LogP contribution in [0.2, 0.25) is 0 Å². The van der Waals surface area contributed by atoms with Gasteiger partial charge in [-0.25, -0.2) is 13.1 Å². The molecule has 1 aromatic carbocycles. The highest BCUT2D eigenvalue weighted by Gasteiger charge is 2.19. The molecule has 1 N–H and O–H groups in total. The van der Waals surface area contributed by atoms with Crippen molar-refractivity contribution in [3.63, 3.8) is 0 Å². The van der Waals surface area contributed by atoms with E-state index in [1.54, 1.807) is 0 Å². The first-order valence-electron chi connectivity index (χ1n) is 9.45. The van der Waals surface area contributed by atoms with Gasteiger partial charge in [-0.05, 0) is 39.4 Å². The average molecular weight is 407 g/mol. The number of benzene rings is 1. The molecule has 2 rings (SSSR count). The first kappa shape index (κ1) is 22.1. The van der Waals surface area contributed by atoms with Gasteiger partial charge in [0.05, 0.1) is 28.5 Å². The molecule has 7 nitrogen and oxygen atoms in total. The largest absolute Gasteiger partial charge is 0.323 e. The molecule has 0 aliphatic heterocycles. The van der Waals surface area contributed by atoms with Crippen LogP contribution in [0.3, 0.4) is 0 Å². The van der Waals surface area contributed by atoms with Crippen molar-refractivity contribution in [1.82, 2.24) is 14.7 Å². The Morgan fingerprint density at radius 2 is 1.89 bits per heavy atom. The Bertz CT molecular complexity index is 907. The first-order valence-corrected chi connectivity index (χ1v) is 11.5. The third-order valence-corrected chi connectivity index (χ3v) is 5.84. The van der Waals surface area contributed by atoms with Crippen molar-refractivity contribution in [1.29, 1.82) is 0 Å². The number of carbonyl (C=O) groups excluding carboxylic acids is 1. The smallest absolute Gasteiger partial charge is 0.225 e. The van der Waals surface area contributed by atoms with Crippen molar-refractivity contribution in [2.45, 2.75) is 40.2 Å². The van der Waals surface area contributed by atoms with Crippen molar-refractivity contribution in [3.8, 4) is 5.69 Å². The van der Waals surface area contributed by atoms with Gasteiger partial charge >= 0.3 is 0 Å². The second-order valence-electron chi connectivity index (χ2n) is 7.16. The summed E-state index contributed by atoms with van der Waals surface area (Å²) in [6.45, 7) is 8.83. The van der Waals surface area contributed by atoms with Crippen LogP contribution in [-0.4, -0.2) is 60.1 Å². The number of hydrogen-bond donors (Lipinski definition) is 1. The number of hydrogen-bond acceptors (Lipinski definition) is 5. The molecule has 1 unspecified atom stereocenters. The van der Waals surface area contributed by atoms with Crippen molar-refractivity contribution >= 4 is 21.4 Å². The van der Waals surface area contributed by atoms with Crippen LogP contribution in [0.5, 0.6) is 0 Å². The van der Waals surface area contributed by atoms with Crippen LogP contribution in [0.1, 0.15) is 31.7 Å². The molecule has 0 saturated carbocycles. The van der Waals surface area contributed by atoms with Crippen molar-refractivity contribution in [3.05, 3.63) is 41.7 Å². The number of para-hydroxylation sites is 1. The average Bonchev–Trinajstić information content (AvgIpc) is 2.89. The van der Waals surface area contributed by atoms with Gasteiger partial charge in [0, 0.05) is 25.3 Å². The summed E-state index contributed by atoms with van der Waals surface area (Å²) in [5.74, 6) is -0.0198. The van der Waals surface area contributed by atoms with Gasteiger partial charge in [0.2, 0.25) is 5.91 Å². The van der Waals surface area contributed by atoms with E-state index in [1.165, 1.54) is 6.26 Å². The molecule has 1 aromatic heterocycles. The molecule has 0 aliphatic rings. The minimum absolute atomic E-state index is 0.0878. The van der Waals surface area contributed by atoms with Crippen LogP contribution in [-0.2, 0) is 14.6 Å². The fraction of sp³-hybridized carbons (Fsp3) is 0.500. The number of aromatic nitrogens is 2. The first-order chi connectivity index (χ1) is 13.1. The molecule has 0 fully saturated rings. The zero-order valence-electron chi connectivity index (χ0n) is 17.3. The topological polar surface area (TPSA) is 84.3 Å². The molecule has 1 amide bonds. The van der Waals surface area contributed by atoms with E-state index in [4.69, 9.17) is 0 Å². The number of carbonyl (C=O) groups is 1. The monoisotopic (exact) mass is 406 g/mol. The van der Waals surface area contributed by atoms with Crippen LogP contribution in [0.4, 0.5) is 5.69 Å². The van der Waals surface area contributed by atoms with Gasteiger partial charge < -0.3 is 5.32 Å². The molecule has 1 heterocycles. The second-order valence-corrected chi connectivity index (χ2v) is 9.35. The standard InChI is InChI=1S/C20H30N4O3S/c1-6-23(15(2)14-28(5,26)27)13-12-19(25)21-20-16(3)22-24(17(20)4)18-10-8-7-9-11-18/h7-11,15H,6,12-14H2,1-5H3,(H,21,25). The van der Waals surface area contributed by atoms with E-state index in [1.807, 2.05) is 67.6 Å². The maximum Gasteiger partial charge on any atom is 0.225 e. The molecule has 154 valence electrons. The summed E-state index contributed by atoms with van der Waals surface area (Å²) in [5.41, 5.74) is 3.29. The maximum atomic E-state index is 12.5. The van der Waals surface area contributed by atoms with Crippen molar-refractivity contribution in [2.75, 3.05) is 30.4 Å². The zero-order valence-corrected chi connectivity index (χ0v) is 18.1. The predicted octanol–water partition coefficient (Wildman–Crippen LogP) is 2.57. The molecule has 0 saturated heterocycles. The number of anilines is 1. The van der Waals surface area contributed by atoms with E-state index in [0.29, 0.717) is 13.1 Å². The minimum Gasteiger partial charge on any atom is -0.323 e. The maximum absolute atomic E-state index is 12.5. The SMILES string of the molecule is CCN(CCC(=O)Nc1c(C)nn(-c2ccccc2)c1C)C(C)CS(C)(=O)=O. The van der Waals surface area contributed by atoms with E-state index >= 15 is 0 Å². The Labute approximate surface area is 167 Å². The van der Waals surface area contributed by atoms with Gasteiger partial charge in [-0.1, -0.05) is 25.1 Å². The summed E-state index contributed by atoms with van der Waals surface area (Å²) >= 11 is 0. The van der Waals surface area contributed by atoms with E-state index < -0.39 is 9.84 Å². The number of nitrogens with zero attached hydrogens (tertiary/aromatic N) is 3. The lowest BCUT2D eigenvalue weighted by Gasteiger charge is -2.26.